The number of nitrogens with zero attached hydrogens (tertiary/aromatic N) is 1. The second kappa shape index (κ2) is 8.64. The molecule has 8 nitrogen and oxygen atoms in total. The molecule has 4 atom stereocenters. The Kier molecular flexibility index (Phi) is 5.78. The van der Waals surface area contributed by atoms with Gasteiger partial charge in [0.1, 0.15) is 18.7 Å². The van der Waals surface area contributed by atoms with Crippen molar-refractivity contribution in [2.24, 2.45) is 11.7 Å². The number of hydrogen-bond acceptors (Lipinski definition) is 6. The number of nitrogens with two attached hydrogens (primary N) is 1. The van der Waals surface area contributed by atoms with E-state index in [1.165, 1.54) is 4.90 Å². The van der Waals surface area contributed by atoms with Gasteiger partial charge in [0.2, 0.25) is 5.91 Å². The van der Waals surface area contributed by atoms with Gasteiger partial charge in [0.25, 0.3) is 0 Å². The number of alkyl carbamates (subject to hydrolysis) is 1. The van der Waals surface area contributed by atoms with E-state index in [-0.39, 0.29) is 25.5 Å². The van der Waals surface area contributed by atoms with E-state index in [0.29, 0.717) is 0 Å². The fourth-order valence-electron chi connectivity index (χ4n) is 3.75. The number of ether oxygens (including phenoxy) is 2. The van der Waals surface area contributed by atoms with Crippen molar-refractivity contribution in [2.75, 3.05) is 6.61 Å². The molecule has 0 spiro atoms. The lowest BCUT2D eigenvalue weighted by molar-refractivity contribution is -0.177. The van der Waals surface area contributed by atoms with E-state index in [1.54, 1.807) is 0 Å². The Bertz CT molecular complexity index is 921. The highest BCUT2D eigenvalue weighted by Gasteiger charge is 2.58. The molecule has 2 saturated heterocycles. The molecule has 0 aromatic heterocycles. The van der Waals surface area contributed by atoms with Crippen molar-refractivity contribution in [2.45, 2.75) is 31.5 Å². The first-order chi connectivity index (χ1) is 14.5. The minimum absolute atomic E-state index is 0.0790. The van der Waals surface area contributed by atoms with Crippen LogP contribution in [-0.2, 0) is 32.1 Å². The molecular formula is C22H23N3O5. The first-order valence-electron chi connectivity index (χ1n) is 9.79. The van der Waals surface area contributed by atoms with Crippen LogP contribution < -0.4 is 11.1 Å². The molecule has 2 aliphatic rings. The van der Waals surface area contributed by atoms with Crippen LogP contribution in [0.15, 0.2) is 60.7 Å². The fourth-order valence-corrected chi connectivity index (χ4v) is 3.75. The summed E-state index contributed by atoms with van der Waals surface area (Å²) in [5, 5.41) is 2.63. The summed E-state index contributed by atoms with van der Waals surface area (Å²) >= 11 is 0. The van der Waals surface area contributed by atoms with Gasteiger partial charge in [-0.25, -0.2) is 4.79 Å². The number of carbonyl (C=O) groups excluding carboxylic acids is 3. The number of benzene rings is 2. The maximum absolute atomic E-state index is 13.2. The second-order valence-corrected chi connectivity index (χ2v) is 7.37. The molecule has 0 radical (unpaired) electrons. The maximum atomic E-state index is 13.2. The molecule has 2 heterocycles. The van der Waals surface area contributed by atoms with Crippen LogP contribution in [0, 0.1) is 5.92 Å². The van der Waals surface area contributed by atoms with Crippen molar-refractivity contribution < 1.29 is 23.9 Å². The molecule has 0 aliphatic carbocycles. The lowest BCUT2D eigenvalue weighted by Gasteiger charge is -2.42. The topological polar surface area (TPSA) is 111 Å². The van der Waals surface area contributed by atoms with Crippen LogP contribution in [0.3, 0.4) is 0 Å². The Hall–Kier alpha value is -3.23. The number of ketones is 1. The lowest BCUT2D eigenvalue weighted by atomic mass is 9.85. The predicted molar refractivity (Wildman–Crippen MR) is 107 cm³/mol. The number of β-lactam (4-membered cyclic amide) rings is 1. The molecule has 4 rings (SSSR count). The third-order valence-corrected chi connectivity index (χ3v) is 5.31. The van der Waals surface area contributed by atoms with Crippen LogP contribution in [-0.4, -0.2) is 47.7 Å². The Morgan fingerprint density at radius 2 is 1.73 bits per heavy atom. The Balaban J connectivity index is 1.44. The van der Waals surface area contributed by atoms with Gasteiger partial charge in [-0.2, -0.15) is 0 Å². The average Bonchev–Trinajstić information content (AvgIpc) is 3.09. The van der Waals surface area contributed by atoms with E-state index in [4.69, 9.17) is 15.2 Å². The zero-order valence-electron chi connectivity index (χ0n) is 16.3. The van der Waals surface area contributed by atoms with Crippen molar-refractivity contribution in [1.29, 1.82) is 0 Å². The molecule has 2 aromatic rings. The van der Waals surface area contributed by atoms with E-state index in [1.807, 2.05) is 60.7 Å². The van der Waals surface area contributed by atoms with Gasteiger partial charge in [0.15, 0.2) is 12.0 Å². The first kappa shape index (κ1) is 20.1. The molecule has 2 amide bonds. The van der Waals surface area contributed by atoms with Gasteiger partial charge in [-0.1, -0.05) is 60.7 Å². The maximum Gasteiger partial charge on any atom is 0.408 e. The van der Waals surface area contributed by atoms with Crippen molar-refractivity contribution >= 4 is 17.8 Å². The molecule has 30 heavy (non-hydrogen) atoms. The predicted octanol–water partition coefficient (Wildman–Crippen LogP) is 1.19. The van der Waals surface area contributed by atoms with Crippen LogP contribution >= 0.6 is 0 Å². The molecule has 8 heteroatoms. The minimum atomic E-state index is -0.971. The van der Waals surface area contributed by atoms with E-state index < -0.39 is 36.2 Å². The number of nitrogens with one attached hydrogen (secondary N) is 1. The minimum Gasteiger partial charge on any atom is -0.445 e. The normalized spacial score (nSPS) is 23.3. The van der Waals surface area contributed by atoms with Gasteiger partial charge in [0.05, 0.1) is 12.6 Å². The monoisotopic (exact) mass is 409 g/mol. The molecule has 0 bridgehead atoms. The number of rotatable bonds is 7. The standard InChI is InChI=1S/C22H23N3O5/c23-17-13-29-21-18(20(27)25(17)21)19(26)16(11-14-7-3-1-4-8-14)24-22(28)30-12-15-9-5-2-6-10-15/h1-10,16-18,21H,11-13,23H2,(H,24,28)/t16-,17?,18-,21+/m0/s1. The van der Waals surface area contributed by atoms with Crippen LogP contribution in [0.25, 0.3) is 0 Å². The van der Waals surface area contributed by atoms with Gasteiger partial charge in [0, 0.05) is 0 Å². The third-order valence-electron chi connectivity index (χ3n) is 5.31. The number of fused-ring (bicyclic) bond motifs is 1. The van der Waals surface area contributed by atoms with Crippen LogP contribution in [0.5, 0.6) is 0 Å². The zero-order valence-corrected chi connectivity index (χ0v) is 16.3. The Morgan fingerprint density at radius 1 is 1.10 bits per heavy atom. The molecular weight excluding hydrogens is 386 g/mol. The number of hydrogen-bond donors (Lipinski definition) is 2. The number of carbonyl (C=O) groups is 3. The molecule has 2 aromatic carbocycles. The van der Waals surface area contributed by atoms with Crippen molar-refractivity contribution in [3.63, 3.8) is 0 Å². The number of amides is 2. The quantitative estimate of drug-likeness (QED) is 0.525. The fraction of sp³-hybridized carbons (Fsp3) is 0.318. The van der Waals surface area contributed by atoms with E-state index in [2.05, 4.69) is 5.32 Å². The van der Waals surface area contributed by atoms with Crippen LogP contribution in [0.2, 0.25) is 0 Å². The summed E-state index contributed by atoms with van der Waals surface area (Å²) in [5.74, 6) is -1.75. The zero-order chi connectivity index (χ0) is 21.1. The average molecular weight is 409 g/mol. The first-order valence-corrected chi connectivity index (χ1v) is 9.79. The third kappa shape index (κ3) is 4.05. The van der Waals surface area contributed by atoms with Crippen LogP contribution in [0.4, 0.5) is 4.79 Å². The molecule has 2 fully saturated rings. The molecule has 3 N–H and O–H groups in total. The largest absolute Gasteiger partial charge is 0.445 e. The smallest absolute Gasteiger partial charge is 0.408 e. The summed E-state index contributed by atoms with van der Waals surface area (Å²) < 4.78 is 10.8. The summed E-state index contributed by atoms with van der Waals surface area (Å²) in [6.07, 6.45) is -1.69. The van der Waals surface area contributed by atoms with Gasteiger partial charge in [-0.05, 0) is 17.5 Å². The molecule has 0 saturated carbocycles. The summed E-state index contributed by atoms with van der Waals surface area (Å²) in [6, 6.07) is 17.6. The van der Waals surface area contributed by atoms with Gasteiger partial charge < -0.3 is 20.5 Å². The lowest BCUT2D eigenvalue weighted by Crippen LogP contribution is -2.67. The van der Waals surface area contributed by atoms with Crippen molar-refractivity contribution in [1.82, 2.24) is 10.2 Å². The Labute approximate surface area is 173 Å². The summed E-state index contributed by atoms with van der Waals surface area (Å²) in [4.78, 5) is 39.4. The molecule has 156 valence electrons. The highest BCUT2D eigenvalue weighted by molar-refractivity contribution is 6.09. The van der Waals surface area contributed by atoms with Gasteiger partial charge in [-0.15, -0.1) is 0 Å². The van der Waals surface area contributed by atoms with E-state index >= 15 is 0 Å². The van der Waals surface area contributed by atoms with Crippen LogP contribution in [0.1, 0.15) is 11.1 Å². The van der Waals surface area contributed by atoms with Crippen molar-refractivity contribution in [3.05, 3.63) is 71.8 Å². The van der Waals surface area contributed by atoms with E-state index in [9.17, 15) is 14.4 Å². The summed E-state index contributed by atoms with van der Waals surface area (Å²) in [7, 11) is 0. The highest BCUT2D eigenvalue weighted by Crippen LogP contribution is 2.35. The van der Waals surface area contributed by atoms with E-state index in [0.717, 1.165) is 11.1 Å². The van der Waals surface area contributed by atoms with Gasteiger partial charge >= 0.3 is 6.09 Å². The summed E-state index contributed by atoms with van der Waals surface area (Å²) in [6.45, 7) is 0.270. The summed E-state index contributed by atoms with van der Waals surface area (Å²) in [5.41, 5.74) is 7.51. The van der Waals surface area contributed by atoms with Gasteiger partial charge in [-0.3, -0.25) is 14.5 Å². The Morgan fingerprint density at radius 3 is 2.40 bits per heavy atom. The SMILES string of the molecule is NC1CO[C@@H]2[C@@H](C(=O)[C@H](Cc3ccccc3)NC(=O)OCc3ccccc3)C(=O)N12. The second-order valence-electron chi connectivity index (χ2n) is 7.37. The molecule has 2 aliphatic heterocycles. The number of Topliss-reactive ketones (excluding diaryl/α,β-unsaturated/α-hetero) is 1. The molecule has 1 unspecified atom stereocenters. The highest BCUT2D eigenvalue weighted by atomic mass is 16.5. The van der Waals surface area contributed by atoms with Crippen molar-refractivity contribution in [3.8, 4) is 0 Å².